The second-order valence-corrected chi connectivity index (χ2v) is 10.7. The van der Waals surface area contributed by atoms with Crippen LogP contribution < -0.4 is 16.4 Å². The van der Waals surface area contributed by atoms with Gasteiger partial charge in [-0.1, -0.05) is 6.07 Å². The van der Waals surface area contributed by atoms with Gasteiger partial charge in [0, 0.05) is 23.9 Å². The molecule has 0 saturated heterocycles. The molecule has 4 aliphatic rings. The Hall–Kier alpha value is -3.90. The standard InChI is InChI=1S/C26H30N4O8/c1-30(2)18-15-8-11-7-10-3-6-16(29-25(37)24(36)28-12-4-5-12)19(31)13(10)9-14(11)21(33)26(15,38)22(34)17(20(18)32)23(27)35/h3,6,11-12,15,18,31-33,38H,4-5,7-9H2,1-2H3,(H2,27,35)(H,28,36)(H,29,37)/t11?,15?,18-,26?/m0/s1. The van der Waals surface area contributed by atoms with Crippen molar-refractivity contribution >= 4 is 29.2 Å². The summed E-state index contributed by atoms with van der Waals surface area (Å²) < 4.78 is 0. The Labute approximate surface area is 217 Å². The molecule has 12 nitrogen and oxygen atoms in total. The number of hydrogen-bond acceptors (Lipinski definition) is 9. The molecule has 0 bridgehead atoms. The van der Waals surface area contributed by atoms with Crippen molar-refractivity contribution in [3.8, 4) is 5.75 Å². The van der Waals surface area contributed by atoms with Crippen LogP contribution in [0.2, 0.25) is 0 Å². The number of carbonyl (C=O) groups is 4. The molecule has 4 aliphatic carbocycles. The number of nitrogens with one attached hydrogen (secondary N) is 2. The van der Waals surface area contributed by atoms with Crippen LogP contribution in [0.15, 0.2) is 34.8 Å². The predicted octanol–water partition coefficient (Wildman–Crippen LogP) is -0.302. The largest absolute Gasteiger partial charge is 0.510 e. The molecule has 1 saturated carbocycles. The highest BCUT2D eigenvalue weighted by atomic mass is 16.3. The summed E-state index contributed by atoms with van der Waals surface area (Å²) in [4.78, 5) is 51.2. The Bertz CT molecular complexity index is 1340. The molecule has 202 valence electrons. The van der Waals surface area contributed by atoms with Gasteiger partial charge >= 0.3 is 11.8 Å². The van der Waals surface area contributed by atoms with Crippen molar-refractivity contribution in [2.24, 2.45) is 17.6 Å². The number of Topliss-reactive ketones (excluding diaryl/α,β-unsaturated/α-hetero) is 1. The number of phenolic OH excluding ortho intramolecular Hbond substituents is 1. The minimum atomic E-state index is -2.50. The lowest BCUT2D eigenvalue weighted by Gasteiger charge is -2.50. The van der Waals surface area contributed by atoms with Gasteiger partial charge in [0.25, 0.3) is 5.91 Å². The van der Waals surface area contributed by atoms with Gasteiger partial charge in [-0.3, -0.25) is 24.1 Å². The topological polar surface area (TPSA) is 203 Å². The number of rotatable bonds is 4. The molecular formula is C26H30N4O8. The van der Waals surface area contributed by atoms with E-state index in [1.807, 2.05) is 0 Å². The summed E-state index contributed by atoms with van der Waals surface area (Å²) >= 11 is 0. The van der Waals surface area contributed by atoms with Gasteiger partial charge in [0.15, 0.2) is 5.60 Å². The second kappa shape index (κ2) is 8.84. The van der Waals surface area contributed by atoms with Crippen LogP contribution in [-0.2, 0) is 32.0 Å². The smallest absolute Gasteiger partial charge is 0.313 e. The number of aliphatic hydroxyl groups excluding tert-OH is 2. The van der Waals surface area contributed by atoms with E-state index < -0.39 is 58.2 Å². The minimum Gasteiger partial charge on any atom is -0.510 e. The SMILES string of the molecule is CN(C)[C@@H]1C(O)=C(C(N)=O)C(=O)C2(O)C(O)=C3Cc4c(ccc(NC(=O)C(=O)NC5CC5)c4O)CC3CC12. The zero-order chi connectivity index (χ0) is 27.7. The number of ketones is 1. The lowest BCUT2D eigenvalue weighted by molar-refractivity contribution is -0.148. The number of nitrogens with zero attached hydrogens (tertiary/aromatic N) is 1. The number of likely N-dealkylation sites (N-methyl/N-ethyl adjacent to an activating group) is 1. The highest BCUT2D eigenvalue weighted by Crippen LogP contribution is 2.52. The molecule has 38 heavy (non-hydrogen) atoms. The molecule has 0 aliphatic heterocycles. The van der Waals surface area contributed by atoms with Gasteiger partial charge in [0.2, 0.25) is 5.78 Å². The van der Waals surface area contributed by atoms with Crippen molar-refractivity contribution in [1.82, 2.24) is 10.2 Å². The van der Waals surface area contributed by atoms with Crippen LogP contribution in [0.3, 0.4) is 0 Å². The maximum atomic E-state index is 13.3. The first-order valence-electron chi connectivity index (χ1n) is 12.4. The van der Waals surface area contributed by atoms with Crippen LogP contribution in [0, 0.1) is 11.8 Å². The third-order valence-corrected chi connectivity index (χ3v) is 8.11. The van der Waals surface area contributed by atoms with E-state index in [1.165, 1.54) is 6.07 Å². The van der Waals surface area contributed by atoms with Crippen LogP contribution in [0.4, 0.5) is 5.69 Å². The number of carbonyl (C=O) groups excluding carboxylic acids is 4. The number of phenols is 1. The maximum Gasteiger partial charge on any atom is 0.313 e. The van der Waals surface area contributed by atoms with Crippen molar-refractivity contribution in [2.75, 3.05) is 19.4 Å². The summed E-state index contributed by atoms with van der Waals surface area (Å²) in [5.41, 5.74) is 3.51. The number of allylic oxidation sites excluding steroid dienone is 1. The molecule has 3 amide bonds. The van der Waals surface area contributed by atoms with E-state index in [9.17, 15) is 39.6 Å². The van der Waals surface area contributed by atoms with E-state index in [0.29, 0.717) is 17.6 Å². The molecule has 4 atom stereocenters. The number of hydrogen-bond donors (Lipinski definition) is 7. The van der Waals surface area contributed by atoms with Crippen molar-refractivity contribution < 1.29 is 39.6 Å². The Kier molecular flexibility index (Phi) is 5.99. The predicted molar refractivity (Wildman–Crippen MR) is 133 cm³/mol. The average Bonchev–Trinajstić information content (AvgIpc) is 3.66. The lowest BCUT2D eigenvalue weighted by atomic mass is 9.59. The monoisotopic (exact) mass is 526 g/mol. The summed E-state index contributed by atoms with van der Waals surface area (Å²) in [5.74, 6) is -6.90. The van der Waals surface area contributed by atoms with Gasteiger partial charge in [0.05, 0.1) is 11.7 Å². The number of amides is 3. The lowest BCUT2D eigenvalue weighted by Crippen LogP contribution is -2.63. The third-order valence-electron chi connectivity index (χ3n) is 8.11. The molecule has 1 aromatic carbocycles. The summed E-state index contributed by atoms with van der Waals surface area (Å²) in [6.07, 6.45) is 2.11. The fraction of sp³-hybridized carbons (Fsp3) is 0.462. The fourth-order valence-corrected chi connectivity index (χ4v) is 6.07. The fourth-order valence-electron chi connectivity index (χ4n) is 6.07. The van der Waals surface area contributed by atoms with Gasteiger partial charge in [-0.15, -0.1) is 0 Å². The molecule has 1 fully saturated rings. The van der Waals surface area contributed by atoms with Crippen LogP contribution in [0.1, 0.15) is 30.4 Å². The van der Waals surface area contributed by atoms with E-state index >= 15 is 0 Å². The van der Waals surface area contributed by atoms with E-state index in [-0.39, 0.29) is 36.2 Å². The first-order valence-corrected chi connectivity index (χ1v) is 12.4. The summed E-state index contributed by atoms with van der Waals surface area (Å²) in [5, 5.41) is 49.7. The number of aliphatic hydroxyl groups is 3. The van der Waals surface area contributed by atoms with Gasteiger partial charge in [-0.25, -0.2) is 0 Å². The Morgan fingerprint density at radius 2 is 1.79 bits per heavy atom. The van der Waals surface area contributed by atoms with Gasteiger partial charge in [-0.2, -0.15) is 0 Å². The molecule has 0 heterocycles. The number of benzene rings is 1. The van der Waals surface area contributed by atoms with Crippen molar-refractivity contribution in [3.05, 3.63) is 45.9 Å². The second-order valence-electron chi connectivity index (χ2n) is 10.7. The molecule has 8 N–H and O–H groups in total. The zero-order valence-corrected chi connectivity index (χ0v) is 20.9. The molecule has 0 radical (unpaired) electrons. The van der Waals surface area contributed by atoms with Crippen LogP contribution in [0.25, 0.3) is 0 Å². The minimum absolute atomic E-state index is 0.0101. The number of nitrogens with two attached hydrogens (primary N) is 1. The van der Waals surface area contributed by atoms with E-state index in [0.717, 1.165) is 18.4 Å². The van der Waals surface area contributed by atoms with Crippen LogP contribution in [0.5, 0.6) is 5.75 Å². The highest BCUT2D eigenvalue weighted by molar-refractivity contribution is 6.40. The zero-order valence-electron chi connectivity index (χ0n) is 20.9. The van der Waals surface area contributed by atoms with Crippen molar-refractivity contribution in [3.63, 3.8) is 0 Å². The molecule has 5 rings (SSSR count). The number of anilines is 1. The van der Waals surface area contributed by atoms with Gasteiger partial charge in [0.1, 0.15) is 22.8 Å². The maximum absolute atomic E-state index is 13.3. The van der Waals surface area contributed by atoms with Crippen molar-refractivity contribution in [2.45, 2.75) is 49.8 Å². The molecule has 3 unspecified atom stereocenters. The quantitative estimate of drug-likeness (QED) is 0.156. The first-order chi connectivity index (χ1) is 17.9. The van der Waals surface area contributed by atoms with Crippen LogP contribution >= 0.6 is 0 Å². The summed E-state index contributed by atoms with van der Waals surface area (Å²) in [6.45, 7) is 0. The first kappa shape index (κ1) is 25.7. The van der Waals surface area contributed by atoms with Crippen molar-refractivity contribution in [1.29, 1.82) is 0 Å². The van der Waals surface area contributed by atoms with Gasteiger partial charge < -0.3 is 36.8 Å². The summed E-state index contributed by atoms with van der Waals surface area (Å²) in [6, 6.07) is 2.22. The number of aromatic hydroxyl groups is 1. The van der Waals surface area contributed by atoms with Gasteiger partial charge in [-0.05, 0) is 62.9 Å². The van der Waals surface area contributed by atoms with E-state index in [1.54, 1.807) is 25.1 Å². The Morgan fingerprint density at radius 3 is 2.39 bits per heavy atom. The molecule has 0 aromatic heterocycles. The van der Waals surface area contributed by atoms with Crippen LogP contribution in [-0.4, -0.2) is 80.6 Å². The molecule has 1 aromatic rings. The average molecular weight is 527 g/mol. The Balaban J connectivity index is 1.51. The number of fused-ring (bicyclic) bond motifs is 3. The summed E-state index contributed by atoms with van der Waals surface area (Å²) in [7, 11) is 3.22. The molecule has 0 spiro atoms. The molecule has 12 heteroatoms. The number of primary amides is 1. The Morgan fingerprint density at radius 1 is 1.11 bits per heavy atom. The third kappa shape index (κ3) is 3.82. The van der Waals surface area contributed by atoms with E-state index in [2.05, 4.69) is 10.6 Å². The highest BCUT2D eigenvalue weighted by Gasteiger charge is 2.62. The van der Waals surface area contributed by atoms with E-state index in [4.69, 9.17) is 5.73 Å². The molecular weight excluding hydrogens is 496 g/mol. The normalized spacial score (nSPS) is 28.4.